The van der Waals surface area contributed by atoms with E-state index < -0.39 is 0 Å². The van der Waals surface area contributed by atoms with Crippen LogP contribution in [0.25, 0.3) is 0 Å². The number of nitrogens with one attached hydrogen (secondary N) is 1. The van der Waals surface area contributed by atoms with Crippen LogP contribution in [-0.2, 0) is 4.74 Å². The number of hydrogen-bond donors (Lipinski definition) is 2. The summed E-state index contributed by atoms with van der Waals surface area (Å²) < 4.78 is 5.23. The zero-order valence-electron chi connectivity index (χ0n) is 9.42. The Bertz CT molecular complexity index is 372. The molecule has 0 aliphatic carbocycles. The van der Waals surface area contributed by atoms with Crippen molar-refractivity contribution in [3.63, 3.8) is 0 Å². The van der Waals surface area contributed by atoms with Crippen LogP contribution in [0.2, 0.25) is 5.02 Å². The first-order valence-electron chi connectivity index (χ1n) is 5.44. The Kier molecular flexibility index (Phi) is 3.38. The molecular weight excluding hydrogens is 224 g/mol. The molecule has 1 aromatic carbocycles. The summed E-state index contributed by atoms with van der Waals surface area (Å²) in [5, 5.41) is 4.19. The van der Waals surface area contributed by atoms with Gasteiger partial charge in [0.05, 0.1) is 13.2 Å². The van der Waals surface area contributed by atoms with Gasteiger partial charge in [-0.3, -0.25) is 0 Å². The Balaban J connectivity index is 2.02. The molecule has 1 fully saturated rings. The van der Waals surface area contributed by atoms with Crippen molar-refractivity contribution in [3.8, 4) is 0 Å². The molecule has 1 heterocycles. The van der Waals surface area contributed by atoms with Gasteiger partial charge in [-0.15, -0.1) is 0 Å². The summed E-state index contributed by atoms with van der Waals surface area (Å²) in [6.07, 6.45) is 0. The zero-order valence-corrected chi connectivity index (χ0v) is 10.2. The van der Waals surface area contributed by atoms with Crippen LogP contribution in [0.3, 0.4) is 0 Å². The molecule has 3 nitrogen and oxygen atoms in total. The second-order valence-corrected chi connectivity index (χ2v) is 4.87. The molecule has 88 valence electrons. The van der Waals surface area contributed by atoms with E-state index in [2.05, 4.69) is 5.32 Å². The van der Waals surface area contributed by atoms with Crippen molar-refractivity contribution >= 4 is 17.3 Å². The first-order chi connectivity index (χ1) is 7.67. The van der Waals surface area contributed by atoms with Gasteiger partial charge >= 0.3 is 0 Å². The summed E-state index contributed by atoms with van der Waals surface area (Å²) in [7, 11) is 0. The molecule has 1 saturated heterocycles. The molecule has 16 heavy (non-hydrogen) atoms. The highest BCUT2D eigenvalue weighted by Gasteiger charge is 2.37. The van der Waals surface area contributed by atoms with Crippen LogP contribution in [0, 0.1) is 12.3 Å². The van der Waals surface area contributed by atoms with Gasteiger partial charge in [-0.1, -0.05) is 17.7 Å². The fraction of sp³-hybridized carbons (Fsp3) is 0.500. The van der Waals surface area contributed by atoms with Crippen molar-refractivity contribution in [3.05, 3.63) is 28.8 Å². The molecule has 0 atom stereocenters. The first-order valence-corrected chi connectivity index (χ1v) is 5.81. The minimum absolute atomic E-state index is 0.106. The van der Waals surface area contributed by atoms with E-state index in [1.54, 1.807) is 0 Å². The molecule has 1 aliphatic rings. The van der Waals surface area contributed by atoms with Crippen molar-refractivity contribution in [2.75, 3.05) is 31.6 Å². The Morgan fingerprint density at radius 3 is 2.81 bits per heavy atom. The number of benzene rings is 1. The number of rotatable bonds is 4. The molecule has 0 spiro atoms. The van der Waals surface area contributed by atoms with Gasteiger partial charge < -0.3 is 15.8 Å². The number of halogens is 1. The van der Waals surface area contributed by atoms with Gasteiger partial charge in [0.1, 0.15) is 0 Å². The van der Waals surface area contributed by atoms with Crippen LogP contribution in [0.1, 0.15) is 5.56 Å². The minimum Gasteiger partial charge on any atom is -0.384 e. The third kappa shape index (κ3) is 2.17. The molecule has 1 aliphatic heterocycles. The summed E-state index contributed by atoms with van der Waals surface area (Å²) in [5.74, 6) is 0. The van der Waals surface area contributed by atoms with Gasteiger partial charge in [-0.2, -0.15) is 0 Å². The normalized spacial score (nSPS) is 17.9. The van der Waals surface area contributed by atoms with Crippen LogP contribution >= 0.6 is 11.6 Å². The van der Waals surface area contributed by atoms with E-state index in [0.29, 0.717) is 6.54 Å². The van der Waals surface area contributed by atoms with Crippen molar-refractivity contribution < 1.29 is 4.74 Å². The molecule has 0 saturated carbocycles. The SMILES string of the molecule is Cc1c(Cl)cccc1NCC1(CN)COC1. The predicted molar refractivity (Wildman–Crippen MR) is 67.0 cm³/mol. The Labute approximate surface area is 101 Å². The Hall–Kier alpha value is -0.770. The maximum absolute atomic E-state index is 6.06. The largest absolute Gasteiger partial charge is 0.384 e. The first kappa shape index (κ1) is 11.7. The predicted octanol–water partition coefficient (Wildman–Crippen LogP) is 2.04. The van der Waals surface area contributed by atoms with Crippen molar-refractivity contribution in [2.45, 2.75) is 6.92 Å². The van der Waals surface area contributed by atoms with Gasteiger partial charge in [0, 0.05) is 29.2 Å². The summed E-state index contributed by atoms with van der Waals surface area (Å²) in [6.45, 7) is 4.99. The highest BCUT2D eigenvalue weighted by molar-refractivity contribution is 6.31. The Morgan fingerprint density at radius 1 is 1.50 bits per heavy atom. The van der Waals surface area contributed by atoms with E-state index in [-0.39, 0.29) is 5.41 Å². The van der Waals surface area contributed by atoms with Crippen molar-refractivity contribution in [1.29, 1.82) is 0 Å². The van der Waals surface area contributed by atoms with Gasteiger partial charge in [-0.25, -0.2) is 0 Å². The van der Waals surface area contributed by atoms with E-state index in [0.717, 1.165) is 36.0 Å². The van der Waals surface area contributed by atoms with E-state index in [1.807, 2.05) is 25.1 Å². The summed E-state index contributed by atoms with van der Waals surface area (Å²) in [4.78, 5) is 0. The minimum atomic E-state index is 0.106. The molecule has 1 aromatic rings. The smallest absolute Gasteiger partial charge is 0.0574 e. The van der Waals surface area contributed by atoms with Crippen molar-refractivity contribution in [1.82, 2.24) is 0 Å². The second-order valence-electron chi connectivity index (χ2n) is 4.46. The van der Waals surface area contributed by atoms with E-state index >= 15 is 0 Å². The molecule has 0 aromatic heterocycles. The molecule has 3 N–H and O–H groups in total. The maximum Gasteiger partial charge on any atom is 0.0574 e. The fourth-order valence-electron chi connectivity index (χ4n) is 1.76. The van der Waals surface area contributed by atoms with Gasteiger partial charge in [0.2, 0.25) is 0 Å². The molecule has 2 rings (SSSR count). The lowest BCUT2D eigenvalue weighted by Crippen LogP contribution is -2.52. The van der Waals surface area contributed by atoms with Gasteiger partial charge in [-0.05, 0) is 24.6 Å². The molecule has 0 radical (unpaired) electrons. The topological polar surface area (TPSA) is 47.3 Å². The number of ether oxygens (including phenoxy) is 1. The summed E-state index contributed by atoms with van der Waals surface area (Å²) >= 11 is 6.06. The average molecular weight is 241 g/mol. The zero-order chi connectivity index (χ0) is 11.6. The summed E-state index contributed by atoms with van der Waals surface area (Å²) in [6, 6.07) is 5.88. The monoisotopic (exact) mass is 240 g/mol. The lowest BCUT2D eigenvalue weighted by molar-refractivity contribution is -0.0979. The van der Waals surface area contributed by atoms with Crippen LogP contribution in [0.5, 0.6) is 0 Å². The van der Waals surface area contributed by atoms with Crippen LogP contribution in [0.4, 0.5) is 5.69 Å². The second kappa shape index (κ2) is 4.62. The van der Waals surface area contributed by atoms with E-state index in [4.69, 9.17) is 22.1 Å². The standard InChI is InChI=1S/C12H17ClN2O/c1-9-10(13)3-2-4-11(9)15-6-12(5-14)7-16-8-12/h2-4,15H,5-8,14H2,1H3. The quantitative estimate of drug-likeness (QED) is 0.847. The Morgan fingerprint density at radius 2 is 2.25 bits per heavy atom. The van der Waals surface area contributed by atoms with Crippen LogP contribution in [-0.4, -0.2) is 26.3 Å². The number of hydrogen-bond acceptors (Lipinski definition) is 3. The lowest BCUT2D eigenvalue weighted by atomic mass is 9.86. The fourth-order valence-corrected chi connectivity index (χ4v) is 1.94. The van der Waals surface area contributed by atoms with E-state index in [9.17, 15) is 0 Å². The number of anilines is 1. The average Bonchev–Trinajstić information content (AvgIpc) is 2.23. The highest BCUT2D eigenvalue weighted by atomic mass is 35.5. The maximum atomic E-state index is 6.06. The molecule has 4 heteroatoms. The third-order valence-electron chi connectivity index (χ3n) is 3.17. The third-order valence-corrected chi connectivity index (χ3v) is 3.58. The van der Waals surface area contributed by atoms with Crippen LogP contribution in [0.15, 0.2) is 18.2 Å². The lowest BCUT2D eigenvalue weighted by Gasteiger charge is -2.40. The molecular formula is C12H17ClN2O. The summed E-state index contributed by atoms with van der Waals surface area (Å²) in [5.41, 5.74) is 8.02. The van der Waals surface area contributed by atoms with Crippen molar-refractivity contribution in [2.24, 2.45) is 11.1 Å². The molecule has 0 unspecified atom stereocenters. The van der Waals surface area contributed by atoms with Gasteiger partial charge in [0.15, 0.2) is 0 Å². The van der Waals surface area contributed by atoms with Gasteiger partial charge in [0.25, 0.3) is 0 Å². The van der Waals surface area contributed by atoms with Crippen LogP contribution < -0.4 is 11.1 Å². The molecule has 0 bridgehead atoms. The van der Waals surface area contributed by atoms with E-state index in [1.165, 1.54) is 0 Å². The molecule has 0 amide bonds. The number of nitrogens with two attached hydrogens (primary N) is 1. The highest BCUT2D eigenvalue weighted by Crippen LogP contribution is 2.28.